The summed E-state index contributed by atoms with van der Waals surface area (Å²) in [6, 6.07) is 13.6. The molecule has 140 valence electrons. The first-order valence-corrected chi connectivity index (χ1v) is 10.9. The predicted molar refractivity (Wildman–Crippen MR) is 107 cm³/mol. The molecule has 1 fully saturated rings. The average Bonchev–Trinajstić information content (AvgIpc) is 2.63. The number of benzene rings is 1. The summed E-state index contributed by atoms with van der Waals surface area (Å²) in [5.74, 6) is 1.80. The number of hydrogen-bond acceptors (Lipinski definition) is 4. The molecule has 1 saturated heterocycles. The lowest BCUT2D eigenvalue weighted by Gasteiger charge is -2.31. The van der Waals surface area contributed by atoms with E-state index in [1.165, 1.54) is 12.8 Å². The molecule has 0 unspecified atom stereocenters. The lowest BCUT2D eigenvalue weighted by atomic mass is 9.99. The molecular formula is C20H27N3O2S. The Morgan fingerprint density at radius 1 is 1.12 bits per heavy atom. The van der Waals surface area contributed by atoms with Gasteiger partial charge in [-0.2, -0.15) is 0 Å². The fraction of sp³-hybridized carbons (Fsp3) is 0.450. The van der Waals surface area contributed by atoms with Crippen molar-refractivity contribution in [1.29, 1.82) is 0 Å². The number of piperidine rings is 1. The molecule has 1 N–H and O–H groups in total. The van der Waals surface area contributed by atoms with Gasteiger partial charge in [0.15, 0.2) is 0 Å². The van der Waals surface area contributed by atoms with E-state index in [2.05, 4.69) is 21.5 Å². The zero-order valence-electron chi connectivity index (χ0n) is 15.3. The number of nitrogens with zero attached hydrogens (tertiary/aromatic N) is 2. The van der Waals surface area contributed by atoms with Crippen LogP contribution in [0.5, 0.6) is 0 Å². The fourth-order valence-electron chi connectivity index (χ4n) is 3.21. The summed E-state index contributed by atoms with van der Waals surface area (Å²) in [5.41, 5.74) is 1.68. The summed E-state index contributed by atoms with van der Waals surface area (Å²) in [6.07, 6.45) is 5.32. The molecule has 0 amide bonds. The molecule has 0 saturated carbocycles. The van der Waals surface area contributed by atoms with Crippen LogP contribution in [0.25, 0.3) is 0 Å². The Kier molecular flexibility index (Phi) is 6.14. The lowest BCUT2D eigenvalue weighted by molar-refractivity contribution is 0.436. The molecule has 1 aliphatic heterocycles. The van der Waals surface area contributed by atoms with Gasteiger partial charge in [0, 0.05) is 13.1 Å². The molecule has 0 aliphatic carbocycles. The van der Waals surface area contributed by atoms with Crippen LogP contribution < -0.4 is 9.62 Å². The van der Waals surface area contributed by atoms with Crippen LogP contribution in [0.15, 0.2) is 48.7 Å². The normalized spacial score (nSPS) is 15.8. The van der Waals surface area contributed by atoms with Crippen LogP contribution in [0.4, 0.5) is 11.5 Å². The van der Waals surface area contributed by atoms with Crippen molar-refractivity contribution in [3.05, 3.63) is 54.2 Å². The average molecular weight is 374 g/mol. The molecule has 0 atom stereocenters. The van der Waals surface area contributed by atoms with Gasteiger partial charge in [-0.15, -0.1) is 0 Å². The smallest absolute Gasteiger partial charge is 0.232 e. The number of aromatic nitrogens is 1. The maximum atomic E-state index is 12.3. The molecule has 5 nitrogen and oxygen atoms in total. The molecule has 6 heteroatoms. The highest BCUT2D eigenvalue weighted by molar-refractivity contribution is 7.92. The molecule has 1 aliphatic rings. The zero-order valence-corrected chi connectivity index (χ0v) is 16.1. The van der Waals surface area contributed by atoms with E-state index in [-0.39, 0.29) is 5.75 Å². The fourth-order valence-corrected chi connectivity index (χ4v) is 4.32. The van der Waals surface area contributed by atoms with Crippen LogP contribution in [-0.2, 0) is 16.4 Å². The van der Waals surface area contributed by atoms with E-state index in [1.54, 1.807) is 12.3 Å². The summed E-state index contributed by atoms with van der Waals surface area (Å²) in [4.78, 5) is 6.70. The highest BCUT2D eigenvalue weighted by atomic mass is 32.2. The Balaban J connectivity index is 1.51. The first kappa shape index (κ1) is 18.7. The van der Waals surface area contributed by atoms with E-state index < -0.39 is 10.0 Å². The van der Waals surface area contributed by atoms with E-state index in [4.69, 9.17) is 0 Å². The second-order valence-electron chi connectivity index (χ2n) is 7.08. The Morgan fingerprint density at radius 2 is 1.85 bits per heavy atom. The molecule has 0 radical (unpaired) electrons. The van der Waals surface area contributed by atoms with Crippen LogP contribution in [0.1, 0.15) is 31.7 Å². The van der Waals surface area contributed by atoms with E-state index in [1.807, 2.05) is 36.4 Å². The number of hydrogen-bond donors (Lipinski definition) is 1. The number of rotatable bonds is 7. The Morgan fingerprint density at radius 3 is 2.50 bits per heavy atom. The van der Waals surface area contributed by atoms with Crippen molar-refractivity contribution < 1.29 is 8.42 Å². The monoisotopic (exact) mass is 373 g/mol. The van der Waals surface area contributed by atoms with Gasteiger partial charge < -0.3 is 4.90 Å². The quantitative estimate of drug-likeness (QED) is 0.804. The number of nitrogens with one attached hydrogen (secondary N) is 1. The highest BCUT2D eigenvalue weighted by Crippen LogP contribution is 2.22. The first-order valence-electron chi connectivity index (χ1n) is 9.27. The van der Waals surface area contributed by atoms with Crippen molar-refractivity contribution in [3.8, 4) is 0 Å². The van der Waals surface area contributed by atoms with E-state index in [0.717, 1.165) is 36.8 Å². The van der Waals surface area contributed by atoms with Gasteiger partial charge in [0.1, 0.15) is 5.82 Å². The van der Waals surface area contributed by atoms with Gasteiger partial charge in [0.25, 0.3) is 0 Å². The van der Waals surface area contributed by atoms with Gasteiger partial charge in [-0.05, 0) is 49.3 Å². The molecule has 2 aromatic rings. The Hall–Kier alpha value is -2.08. The van der Waals surface area contributed by atoms with Gasteiger partial charge in [-0.25, -0.2) is 13.4 Å². The molecule has 2 heterocycles. The largest absolute Gasteiger partial charge is 0.357 e. The summed E-state index contributed by atoms with van der Waals surface area (Å²) in [7, 11) is -3.35. The van der Waals surface area contributed by atoms with Crippen molar-refractivity contribution in [2.75, 3.05) is 28.5 Å². The molecule has 3 rings (SSSR count). The van der Waals surface area contributed by atoms with Crippen LogP contribution in [0.2, 0.25) is 0 Å². The molecule has 1 aromatic heterocycles. The van der Waals surface area contributed by atoms with E-state index in [9.17, 15) is 8.42 Å². The highest BCUT2D eigenvalue weighted by Gasteiger charge is 2.17. The van der Waals surface area contributed by atoms with Crippen LogP contribution in [0, 0.1) is 5.92 Å². The zero-order chi connectivity index (χ0) is 18.4. The van der Waals surface area contributed by atoms with Gasteiger partial charge in [0.05, 0.1) is 17.6 Å². The molecule has 0 spiro atoms. The molecular weight excluding hydrogens is 346 g/mol. The van der Waals surface area contributed by atoms with Gasteiger partial charge in [-0.1, -0.05) is 37.3 Å². The first-order chi connectivity index (χ1) is 12.5. The van der Waals surface area contributed by atoms with Crippen molar-refractivity contribution in [1.82, 2.24) is 4.98 Å². The maximum absolute atomic E-state index is 12.3. The van der Waals surface area contributed by atoms with Crippen molar-refractivity contribution in [2.24, 2.45) is 5.92 Å². The number of pyridine rings is 1. The lowest BCUT2D eigenvalue weighted by Crippen LogP contribution is -2.33. The Bertz CT molecular complexity index is 784. The standard InChI is InChI=1S/C20H27N3O2S/c1-17-11-13-23(14-12-17)20-10-9-19(16-21-20)22-26(24,25)15-5-8-18-6-3-2-4-7-18/h2-4,6-7,9-10,16-17,22H,5,8,11-15H2,1H3. The predicted octanol–water partition coefficient (Wildman–Crippen LogP) is 3.69. The molecule has 1 aromatic carbocycles. The Labute approximate surface area is 156 Å². The van der Waals surface area contributed by atoms with Crippen molar-refractivity contribution in [3.63, 3.8) is 0 Å². The third kappa shape index (κ3) is 5.46. The van der Waals surface area contributed by atoms with E-state index in [0.29, 0.717) is 12.1 Å². The summed E-state index contributed by atoms with van der Waals surface area (Å²) < 4.78 is 27.2. The second-order valence-corrected chi connectivity index (χ2v) is 8.93. The summed E-state index contributed by atoms with van der Waals surface area (Å²) >= 11 is 0. The van der Waals surface area contributed by atoms with Gasteiger partial charge in [-0.3, -0.25) is 4.72 Å². The summed E-state index contributed by atoms with van der Waals surface area (Å²) in [6.45, 7) is 4.30. The number of anilines is 2. The third-order valence-corrected chi connectivity index (χ3v) is 6.22. The minimum atomic E-state index is -3.35. The number of aryl methyl sites for hydroxylation is 1. The van der Waals surface area contributed by atoms with Crippen molar-refractivity contribution in [2.45, 2.75) is 32.6 Å². The number of sulfonamides is 1. The SMILES string of the molecule is CC1CCN(c2ccc(NS(=O)(=O)CCCc3ccccc3)cn2)CC1. The second kappa shape index (κ2) is 8.54. The third-order valence-electron chi connectivity index (χ3n) is 4.85. The topological polar surface area (TPSA) is 62.3 Å². The van der Waals surface area contributed by atoms with E-state index >= 15 is 0 Å². The van der Waals surface area contributed by atoms with Crippen LogP contribution >= 0.6 is 0 Å². The molecule has 0 bridgehead atoms. The maximum Gasteiger partial charge on any atom is 0.232 e. The summed E-state index contributed by atoms with van der Waals surface area (Å²) in [5, 5.41) is 0. The van der Waals surface area contributed by atoms with Gasteiger partial charge >= 0.3 is 0 Å². The van der Waals surface area contributed by atoms with Crippen LogP contribution in [-0.4, -0.2) is 32.2 Å². The van der Waals surface area contributed by atoms with Crippen molar-refractivity contribution >= 4 is 21.5 Å². The minimum absolute atomic E-state index is 0.105. The van der Waals surface area contributed by atoms with Gasteiger partial charge in [0.2, 0.25) is 10.0 Å². The minimum Gasteiger partial charge on any atom is -0.357 e. The molecule has 26 heavy (non-hydrogen) atoms. The van der Waals surface area contributed by atoms with Crippen LogP contribution in [0.3, 0.4) is 0 Å².